The molecule has 30 heavy (non-hydrogen) atoms. The molecule has 1 amide bonds. The highest BCUT2D eigenvalue weighted by Crippen LogP contribution is 2.31. The van der Waals surface area contributed by atoms with Crippen LogP contribution in [0.3, 0.4) is 0 Å². The first kappa shape index (κ1) is 23.0. The van der Waals surface area contributed by atoms with Crippen molar-refractivity contribution in [1.82, 2.24) is 14.1 Å². The summed E-state index contributed by atoms with van der Waals surface area (Å²) in [6.45, 7) is 6.72. The van der Waals surface area contributed by atoms with Crippen molar-refractivity contribution < 1.29 is 26.4 Å². The van der Waals surface area contributed by atoms with Crippen LogP contribution in [0.25, 0.3) is 0 Å². The van der Waals surface area contributed by atoms with Gasteiger partial charge < -0.3 is 4.90 Å². The second-order valence-electron chi connectivity index (χ2n) is 8.28. The van der Waals surface area contributed by atoms with Gasteiger partial charge in [-0.15, -0.1) is 0 Å². The third-order valence-corrected chi connectivity index (χ3v) is 7.65. The molecule has 0 radical (unpaired) electrons. The van der Waals surface area contributed by atoms with Crippen molar-refractivity contribution in [3.8, 4) is 0 Å². The maximum atomic E-state index is 12.9. The molecule has 0 N–H and O–H groups in total. The quantitative estimate of drug-likeness (QED) is 0.673. The van der Waals surface area contributed by atoms with E-state index in [1.165, 1.54) is 10.4 Å². The van der Waals surface area contributed by atoms with Crippen molar-refractivity contribution in [2.24, 2.45) is 5.92 Å². The Labute approximate surface area is 175 Å². The predicted molar refractivity (Wildman–Crippen MR) is 106 cm³/mol. The minimum absolute atomic E-state index is 0.0878. The second kappa shape index (κ2) is 8.84. The van der Waals surface area contributed by atoms with Gasteiger partial charge in [0.25, 0.3) is 0 Å². The maximum absolute atomic E-state index is 12.9. The van der Waals surface area contributed by atoms with E-state index in [-0.39, 0.29) is 29.9 Å². The Kier molecular flexibility index (Phi) is 6.78. The fraction of sp³-hybridized carbons (Fsp3) is 0.650. The fourth-order valence-electron chi connectivity index (χ4n) is 3.93. The van der Waals surface area contributed by atoms with E-state index in [0.29, 0.717) is 31.6 Å². The lowest BCUT2D eigenvalue weighted by atomic mass is 10.1. The number of alkyl halides is 3. The van der Waals surface area contributed by atoms with Gasteiger partial charge in [-0.05, 0) is 37.0 Å². The van der Waals surface area contributed by atoms with Gasteiger partial charge >= 0.3 is 6.18 Å². The van der Waals surface area contributed by atoms with Crippen molar-refractivity contribution in [3.05, 3.63) is 29.8 Å². The zero-order valence-corrected chi connectivity index (χ0v) is 18.0. The average molecular weight is 448 g/mol. The molecule has 168 valence electrons. The number of sulfonamides is 1. The first-order valence-corrected chi connectivity index (χ1v) is 11.6. The zero-order valence-electron chi connectivity index (χ0n) is 17.2. The number of hydrogen-bond donors (Lipinski definition) is 0. The van der Waals surface area contributed by atoms with Gasteiger partial charge in [-0.1, -0.05) is 19.9 Å². The molecule has 6 nitrogen and oxygen atoms in total. The Balaban J connectivity index is 1.62. The summed E-state index contributed by atoms with van der Waals surface area (Å²) in [6.07, 6.45) is -2.94. The Morgan fingerprint density at radius 3 is 2.37 bits per heavy atom. The summed E-state index contributed by atoms with van der Waals surface area (Å²) in [7, 11) is -4.02. The summed E-state index contributed by atoms with van der Waals surface area (Å²) in [6, 6.07) is 3.58. The Bertz CT molecular complexity index is 866. The number of halogens is 3. The van der Waals surface area contributed by atoms with E-state index in [0.717, 1.165) is 31.5 Å². The zero-order chi connectivity index (χ0) is 22.1. The summed E-state index contributed by atoms with van der Waals surface area (Å²) >= 11 is 0. The van der Waals surface area contributed by atoms with Gasteiger partial charge in [0, 0.05) is 39.3 Å². The molecule has 3 rings (SSSR count). The number of benzene rings is 1. The molecular formula is C20H28F3N3O3S. The van der Waals surface area contributed by atoms with Crippen molar-refractivity contribution in [2.45, 2.75) is 43.8 Å². The van der Waals surface area contributed by atoms with Crippen molar-refractivity contribution in [1.29, 1.82) is 0 Å². The highest BCUT2D eigenvalue weighted by atomic mass is 32.2. The van der Waals surface area contributed by atoms with E-state index in [2.05, 4.69) is 13.8 Å². The van der Waals surface area contributed by atoms with Gasteiger partial charge in [0.1, 0.15) is 0 Å². The van der Waals surface area contributed by atoms with Crippen molar-refractivity contribution in [3.63, 3.8) is 0 Å². The van der Waals surface area contributed by atoms with Gasteiger partial charge in [0.2, 0.25) is 15.9 Å². The van der Waals surface area contributed by atoms with Crippen LogP contribution < -0.4 is 0 Å². The van der Waals surface area contributed by atoms with Crippen LogP contribution in [0.1, 0.15) is 32.3 Å². The minimum atomic E-state index is -4.60. The van der Waals surface area contributed by atoms with Crippen LogP contribution >= 0.6 is 0 Å². The molecule has 10 heteroatoms. The molecule has 1 unspecified atom stereocenters. The van der Waals surface area contributed by atoms with Gasteiger partial charge in [-0.25, -0.2) is 8.42 Å². The third kappa shape index (κ3) is 4.97. The minimum Gasteiger partial charge on any atom is -0.341 e. The summed E-state index contributed by atoms with van der Waals surface area (Å²) in [5.74, 6) is 0.603. The van der Waals surface area contributed by atoms with Gasteiger partial charge in [-0.3, -0.25) is 9.69 Å². The summed E-state index contributed by atoms with van der Waals surface area (Å²) in [4.78, 5) is 16.2. The average Bonchev–Trinajstić information content (AvgIpc) is 3.06. The standard InChI is InChI=1S/C20H28F3N3O3S/c1-15(2)6-8-25-9-7-18(19(25)27)24-10-12-26(13-11-24)30(28,29)17-5-3-4-16(14-17)20(21,22)23/h3-5,14-15,18H,6-13H2,1-2H3. The van der Waals surface area contributed by atoms with Crippen LogP contribution in [0, 0.1) is 5.92 Å². The van der Waals surface area contributed by atoms with Crippen LogP contribution in [-0.4, -0.2) is 73.7 Å². The molecule has 1 atom stereocenters. The predicted octanol–water partition coefficient (Wildman–Crippen LogP) is 2.66. The number of carbonyl (C=O) groups is 1. The number of hydrogen-bond acceptors (Lipinski definition) is 4. The number of piperazine rings is 1. The number of amides is 1. The fourth-order valence-corrected chi connectivity index (χ4v) is 5.40. The number of likely N-dealkylation sites (tertiary alicyclic amines) is 1. The topological polar surface area (TPSA) is 60.9 Å². The molecule has 2 heterocycles. The molecule has 2 aliphatic heterocycles. The molecule has 2 aliphatic rings. The van der Waals surface area contributed by atoms with Crippen LogP contribution in [0.2, 0.25) is 0 Å². The van der Waals surface area contributed by atoms with E-state index in [1.807, 2.05) is 9.80 Å². The van der Waals surface area contributed by atoms with Crippen molar-refractivity contribution >= 4 is 15.9 Å². The molecule has 0 aliphatic carbocycles. The third-order valence-electron chi connectivity index (χ3n) is 5.76. The lowest BCUT2D eigenvalue weighted by Gasteiger charge is -2.36. The van der Waals surface area contributed by atoms with Gasteiger partial charge in [-0.2, -0.15) is 17.5 Å². The summed E-state index contributed by atoms with van der Waals surface area (Å²) in [5, 5.41) is 0. The van der Waals surface area contributed by atoms with Crippen LogP contribution in [0.4, 0.5) is 13.2 Å². The lowest BCUT2D eigenvalue weighted by Crippen LogP contribution is -2.53. The molecule has 1 aromatic carbocycles. The number of nitrogens with zero attached hydrogens (tertiary/aromatic N) is 3. The van der Waals surface area contributed by atoms with E-state index in [4.69, 9.17) is 0 Å². The first-order valence-electron chi connectivity index (χ1n) is 10.2. The lowest BCUT2D eigenvalue weighted by molar-refractivity contribution is -0.137. The molecule has 0 bridgehead atoms. The van der Waals surface area contributed by atoms with Crippen molar-refractivity contribution in [2.75, 3.05) is 39.3 Å². The number of carbonyl (C=O) groups excluding carboxylic acids is 1. The first-order chi connectivity index (χ1) is 14.0. The van der Waals surface area contributed by atoms with E-state index < -0.39 is 21.8 Å². The molecule has 0 aromatic heterocycles. The Morgan fingerprint density at radius 1 is 1.10 bits per heavy atom. The Morgan fingerprint density at radius 2 is 1.77 bits per heavy atom. The Hall–Kier alpha value is -1.65. The SMILES string of the molecule is CC(C)CCN1CCC(N2CCN(S(=O)(=O)c3cccc(C(F)(F)F)c3)CC2)C1=O. The largest absolute Gasteiger partial charge is 0.416 e. The second-order valence-corrected chi connectivity index (χ2v) is 10.2. The maximum Gasteiger partial charge on any atom is 0.416 e. The number of rotatable bonds is 6. The molecular weight excluding hydrogens is 419 g/mol. The molecule has 2 fully saturated rings. The van der Waals surface area contributed by atoms with E-state index in [9.17, 15) is 26.4 Å². The van der Waals surface area contributed by atoms with E-state index in [1.54, 1.807) is 0 Å². The van der Waals surface area contributed by atoms with Crippen LogP contribution in [0.15, 0.2) is 29.2 Å². The molecule has 0 spiro atoms. The van der Waals surface area contributed by atoms with E-state index >= 15 is 0 Å². The highest BCUT2D eigenvalue weighted by Gasteiger charge is 2.39. The highest BCUT2D eigenvalue weighted by molar-refractivity contribution is 7.89. The van der Waals surface area contributed by atoms with Crippen LogP contribution in [-0.2, 0) is 21.0 Å². The monoisotopic (exact) mass is 447 g/mol. The molecule has 1 aromatic rings. The summed E-state index contributed by atoms with van der Waals surface area (Å²) < 4.78 is 65.7. The van der Waals surface area contributed by atoms with Gasteiger partial charge in [0.05, 0.1) is 16.5 Å². The smallest absolute Gasteiger partial charge is 0.341 e. The van der Waals surface area contributed by atoms with Gasteiger partial charge in [0.15, 0.2) is 0 Å². The summed E-state index contributed by atoms with van der Waals surface area (Å²) in [5.41, 5.74) is -0.986. The van der Waals surface area contributed by atoms with Crippen LogP contribution in [0.5, 0.6) is 0 Å². The normalized spacial score (nSPS) is 22.3. The molecule has 2 saturated heterocycles. The molecule has 0 saturated carbocycles.